The number of rotatable bonds is 4. The van der Waals surface area contributed by atoms with Crippen LogP contribution in [0.2, 0.25) is 0 Å². The molecule has 4 nitrogen and oxygen atoms in total. The quantitative estimate of drug-likeness (QED) is 0.803. The van der Waals surface area contributed by atoms with Crippen LogP contribution in [-0.2, 0) is 16.0 Å². The molecule has 92 valence electrons. The minimum absolute atomic E-state index is 0.239. The fourth-order valence-corrected chi connectivity index (χ4v) is 1.60. The van der Waals surface area contributed by atoms with Crippen molar-refractivity contribution in [2.24, 2.45) is 0 Å². The fraction of sp³-hybridized carbons (Fsp3) is 0.385. The highest BCUT2D eigenvalue weighted by Gasteiger charge is 2.12. The molecule has 0 aliphatic carbocycles. The summed E-state index contributed by atoms with van der Waals surface area (Å²) < 4.78 is 0. The van der Waals surface area contributed by atoms with Gasteiger partial charge in [-0.2, -0.15) is 0 Å². The van der Waals surface area contributed by atoms with Gasteiger partial charge in [-0.15, -0.1) is 0 Å². The summed E-state index contributed by atoms with van der Waals surface area (Å²) in [6.45, 7) is 5.24. The minimum Gasteiger partial charge on any atom is -0.548 e. The molecule has 0 fully saturated rings. The number of aliphatic carboxylic acids is 1. The number of carboxylic acids is 1. The van der Waals surface area contributed by atoms with Crippen LogP contribution in [0, 0.1) is 13.8 Å². The molecule has 0 saturated carbocycles. The van der Waals surface area contributed by atoms with E-state index in [0.29, 0.717) is 0 Å². The summed E-state index contributed by atoms with van der Waals surface area (Å²) in [4.78, 5) is 21.7. The van der Waals surface area contributed by atoms with Gasteiger partial charge >= 0.3 is 0 Å². The number of hydrogen-bond donors (Lipinski definition) is 1. The molecular formula is C13H16NO3-. The first-order valence-electron chi connectivity index (χ1n) is 5.44. The SMILES string of the molecule is CC(=O)N[C@@H](Cc1ccc(C)c(C)c1)C(=O)[O-]. The van der Waals surface area contributed by atoms with E-state index < -0.39 is 12.0 Å². The van der Waals surface area contributed by atoms with E-state index in [1.54, 1.807) is 0 Å². The average Bonchev–Trinajstić information content (AvgIpc) is 2.21. The summed E-state index contributed by atoms with van der Waals surface area (Å²) in [5.41, 5.74) is 3.12. The number of carbonyl (C=O) groups excluding carboxylic acids is 2. The van der Waals surface area contributed by atoms with Crippen molar-refractivity contribution in [3.63, 3.8) is 0 Å². The second-order valence-electron chi connectivity index (χ2n) is 4.19. The Labute approximate surface area is 101 Å². The van der Waals surface area contributed by atoms with Crippen LogP contribution in [0.25, 0.3) is 0 Å². The largest absolute Gasteiger partial charge is 0.548 e. The first kappa shape index (κ1) is 13.2. The van der Waals surface area contributed by atoms with Gasteiger partial charge in [0.05, 0.1) is 12.0 Å². The summed E-state index contributed by atoms with van der Waals surface area (Å²) in [7, 11) is 0. The zero-order valence-electron chi connectivity index (χ0n) is 10.2. The molecule has 0 aliphatic heterocycles. The normalized spacial score (nSPS) is 11.9. The Morgan fingerprint density at radius 2 is 1.94 bits per heavy atom. The fourth-order valence-electron chi connectivity index (χ4n) is 1.60. The molecule has 1 N–H and O–H groups in total. The van der Waals surface area contributed by atoms with Gasteiger partial charge in [0.1, 0.15) is 0 Å². The maximum Gasteiger partial charge on any atom is 0.217 e. The summed E-state index contributed by atoms with van der Waals surface area (Å²) >= 11 is 0. The minimum atomic E-state index is -1.27. The van der Waals surface area contributed by atoms with E-state index >= 15 is 0 Å². The zero-order valence-corrected chi connectivity index (χ0v) is 10.2. The number of nitrogens with one attached hydrogen (secondary N) is 1. The van der Waals surface area contributed by atoms with Crippen LogP contribution < -0.4 is 10.4 Å². The number of amides is 1. The number of aryl methyl sites for hydroxylation is 2. The molecule has 0 aliphatic rings. The lowest BCUT2D eigenvalue weighted by atomic mass is 10.0. The molecule has 1 amide bonds. The van der Waals surface area contributed by atoms with Gasteiger partial charge in [-0.25, -0.2) is 0 Å². The number of carbonyl (C=O) groups is 2. The molecule has 0 aromatic heterocycles. The Kier molecular flexibility index (Phi) is 4.26. The van der Waals surface area contributed by atoms with Crippen molar-refractivity contribution in [2.75, 3.05) is 0 Å². The molecule has 17 heavy (non-hydrogen) atoms. The number of hydrogen-bond acceptors (Lipinski definition) is 3. The predicted molar refractivity (Wildman–Crippen MR) is 62.2 cm³/mol. The third kappa shape index (κ3) is 3.90. The second-order valence-corrected chi connectivity index (χ2v) is 4.19. The van der Waals surface area contributed by atoms with Gasteiger partial charge < -0.3 is 15.2 Å². The molecule has 1 atom stereocenters. The summed E-state index contributed by atoms with van der Waals surface area (Å²) in [5.74, 6) is -1.64. The van der Waals surface area contributed by atoms with E-state index in [2.05, 4.69) is 5.32 Å². The van der Waals surface area contributed by atoms with Gasteiger partial charge in [-0.05, 0) is 37.0 Å². The topological polar surface area (TPSA) is 69.2 Å². The van der Waals surface area contributed by atoms with Crippen LogP contribution in [0.5, 0.6) is 0 Å². The van der Waals surface area contributed by atoms with Gasteiger partial charge in [-0.1, -0.05) is 18.2 Å². The highest BCUT2D eigenvalue weighted by molar-refractivity contribution is 5.81. The molecular weight excluding hydrogens is 218 g/mol. The molecule has 0 heterocycles. The van der Waals surface area contributed by atoms with Crippen LogP contribution >= 0.6 is 0 Å². The zero-order chi connectivity index (χ0) is 13.0. The van der Waals surface area contributed by atoms with Crippen molar-refractivity contribution in [2.45, 2.75) is 33.2 Å². The Morgan fingerprint density at radius 1 is 1.29 bits per heavy atom. The van der Waals surface area contributed by atoms with Crippen molar-refractivity contribution < 1.29 is 14.7 Å². The molecule has 1 rings (SSSR count). The second kappa shape index (κ2) is 5.48. The smallest absolute Gasteiger partial charge is 0.217 e. The molecule has 0 saturated heterocycles. The Hall–Kier alpha value is -1.84. The van der Waals surface area contributed by atoms with Crippen LogP contribution in [0.3, 0.4) is 0 Å². The summed E-state index contributed by atoms with van der Waals surface area (Å²) in [6.07, 6.45) is 0.239. The predicted octanol–water partition coefficient (Wildman–Crippen LogP) is 0.101. The first-order valence-corrected chi connectivity index (χ1v) is 5.44. The molecule has 0 unspecified atom stereocenters. The van der Waals surface area contributed by atoms with Crippen molar-refractivity contribution >= 4 is 11.9 Å². The van der Waals surface area contributed by atoms with Crippen molar-refractivity contribution in [1.82, 2.24) is 5.32 Å². The number of carboxylic acid groups (broad SMARTS) is 1. The third-order valence-electron chi connectivity index (χ3n) is 2.67. The highest BCUT2D eigenvalue weighted by atomic mass is 16.4. The summed E-state index contributed by atoms with van der Waals surface area (Å²) in [6, 6.07) is 4.74. The molecule has 0 bridgehead atoms. The lowest BCUT2D eigenvalue weighted by Gasteiger charge is -2.19. The standard InChI is InChI=1S/C13H17NO3/c1-8-4-5-11(6-9(8)2)7-12(13(16)17)14-10(3)15/h4-6,12H,7H2,1-3H3,(H,14,15)(H,16,17)/p-1/t12-/m0/s1. The van der Waals surface area contributed by atoms with Gasteiger partial charge in [-0.3, -0.25) is 4.79 Å². The van der Waals surface area contributed by atoms with Gasteiger partial charge in [0.2, 0.25) is 5.91 Å². The van der Waals surface area contributed by atoms with E-state index in [1.165, 1.54) is 6.92 Å². The van der Waals surface area contributed by atoms with E-state index in [-0.39, 0.29) is 12.3 Å². The maximum absolute atomic E-state index is 10.9. The highest BCUT2D eigenvalue weighted by Crippen LogP contribution is 2.11. The molecule has 0 radical (unpaired) electrons. The molecule has 1 aromatic rings. The first-order chi connectivity index (χ1) is 7.90. The van der Waals surface area contributed by atoms with Crippen LogP contribution in [0.15, 0.2) is 18.2 Å². The van der Waals surface area contributed by atoms with Crippen molar-refractivity contribution in [3.05, 3.63) is 34.9 Å². The monoisotopic (exact) mass is 234 g/mol. The van der Waals surface area contributed by atoms with Crippen molar-refractivity contribution in [3.8, 4) is 0 Å². The lowest BCUT2D eigenvalue weighted by molar-refractivity contribution is -0.308. The van der Waals surface area contributed by atoms with Gasteiger partial charge in [0.15, 0.2) is 0 Å². The van der Waals surface area contributed by atoms with Crippen LogP contribution in [-0.4, -0.2) is 17.9 Å². The van der Waals surface area contributed by atoms with E-state index in [0.717, 1.165) is 16.7 Å². The Morgan fingerprint density at radius 3 is 2.41 bits per heavy atom. The Balaban J connectivity index is 2.82. The van der Waals surface area contributed by atoms with E-state index in [4.69, 9.17) is 0 Å². The third-order valence-corrected chi connectivity index (χ3v) is 2.67. The maximum atomic E-state index is 10.9. The molecule has 1 aromatic carbocycles. The van der Waals surface area contributed by atoms with E-state index in [1.807, 2.05) is 32.0 Å². The van der Waals surface area contributed by atoms with Crippen LogP contribution in [0.1, 0.15) is 23.6 Å². The average molecular weight is 234 g/mol. The van der Waals surface area contributed by atoms with Crippen LogP contribution in [0.4, 0.5) is 0 Å². The molecule has 4 heteroatoms. The summed E-state index contributed by atoms with van der Waals surface area (Å²) in [5, 5.41) is 13.2. The van der Waals surface area contributed by atoms with E-state index in [9.17, 15) is 14.7 Å². The lowest BCUT2D eigenvalue weighted by Crippen LogP contribution is -2.48. The van der Waals surface area contributed by atoms with Gasteiger partial charge in [0, 0.05) is 6.92 Å². The van der Waals surface area contributed by atoms with Crippen molar-refractivity contribution in [1.29, 1.82) is 0 Å². The molecule has 0 spiro atoms. The Bertz CT molecular complexity index is 440. The van der Waals surface area contributed by atoms with Gasteiger partial charge in [0.25, 0.3) is 0 Å². The number of benzene rings is 1.